The minimum absolute atomic E-state index is 0.287. The van der Waals surface area contributed by atoms with Crippen molar-refractivity contribution in [1.82, 2.24) is 9.97 Å². The zero-order chi connectivity index (χ0) is 18.0. The van der Waals surface area contributed by atoms with Gasteiger partial charge >= 0.3 is 0 Å². The molecule has 0 spiro atoms. The minimum atomic E-state index is 0.287. The Kier molecular flexibility index (Phi) is 5.39. The summed E-state index contributed by atoms with van der Waals surface area (Å²) in [5, 5.41) is 8.11. The van der Waals surface area contributed by atoms with Gasteiger partial charge in [0.15, 0.2) is 11.6 Å². The van der Waals surface area contributed by atoms with Crippen molar-refractivity contribution >= 4 is 75.1 Å². The Balaban J connectivity index is 1.92. The average Bonchev–Trinajstić information content (AvgIpc) is 2.58. The smallest absolute Gasteiger partial charge is 0.159 e. The van der Waals surface area contributed by atoms with Gasteiger partial charge in [-0.2, -0.15) is 0 Å². The van der Waals surface area contributed by atoms with E-state index in [0.29, 0.717) is 43.1 Å². The van der Waals surface area contributed by atoms with Crippen molar-refractivity contribution in [3.63, 3.8) is 0 Å². The topological polar surface area (TPSA) is 75.9 Å². The van der Waals surface area contributed by atoms with Crippen molar-refractivity contribution < 1.29 is 0 Å². The Bertz CT molecular complexity index is 861. The molecule has 0 radical (unpaired) electrons. The SMILES string of the molecule is Nc1c(Nc2cc(Cl)ccc2Cl)ncnc1Nc1cc(Cl)ccc1Cl. The summed E-state index contributed by atoms with van der Waals surface area (Å²) < 4.78 is 0. The van der Waals surface area contributed by atoms with Gasteiger partial charge in [-0.3, -0.25) is 0 Å². The van der Waals surface area contributed by atoms with E-state index in [4.69, 9.17) is 52.1 Å². The fourth-order valence-corrected chi connectivity index (χ4v) is 2.71. The maximum Gasteiger partial charge on any atom is 0.159 e. The van der Waals surface area contributed by atoms with E-state index in [1.807, 2.05) is 0 Å². The van der Waals surface area contributed by atoms with Crippen molar-refractivity contribution in [2.24, 2.45) is 0 Å². The monoisotopic (exact) mass is 413 g/mol. The maximum absolute atomic E-state index is 6.15. The number of hydrogen-bond acceptors (Lipinski definition) is 5. The third kappa shape index (κ3) is 4.19. The highest BCUT2D eigenvalue weighted by Gasteiger charge is 2.12. The number of nitrogens with zero attached hydrogens (tertiary/aromatic N) is 2. The molecule has 0 amide bonds. The van der Waals surface area contributed by atoms with Gasteiger partial charge in [0.25, 0.3) is 0 Å². The summed E-state index contributed by atoms with van der Waals surface area (Å²) >= 11 is 24.3. The molecular weight excluding hydrogens is 404 g/mol. The molecule has 1 heterocycles. The van der Waals surface area contributed by atoms with Crippen molar-refractivity contribution in [1.29, 1.82) is 0 Å². The Morgan fingerprint density at radius 3 is 1.60 bits per heavy atom. The zero-order valence-electron chi connectivity index (χ0n) is 12.5. The number of rotatable bonds is 4. The molecule has 128 valence electrons. The molecule has 3 rings (SSSR count). The number of benzene rings is 2. The largest absolute Gasteiger partial charge is 0.393 e. The molecule has 2 aromatic carbocycles. The van der Waals surface area contributed by atoms with E-state index in [1.165, 1.54) is 6.33 Å². The van der Waals surface area contributed by atoms with Crippen LogP contribution in [0.4, 0.5) is 28.7 Å². The van der Waals surface area contributed by atoms with Gasteiger partial charge < -0.3 is 16.4 Å². The van der Waals surface area contributed by atoms with Crippen molar-refractivity contribution in [2.75, 3.05) is 16.4 Å². The molecule has 0 atom stereocenters. The van der Waals surface area contributed by atoms with E-state index < -0.39 is 0 Å². The van der Waals surface area contributed by atoms with Crippen molar-refractivity contribution in [3.8, 4) is 0 Å². The van der Waals surface area contributed by atoms with Crippen LogP contribution in [0, 0.1) is 0 Å². The first-order valence-electron chi connectivity index (χ1n) is 6.98. The molecule has 0 unspecified atom stereocenters. The second kappa shape index (κ2) is 7.54. The fraction of sp³-hybridized carbons (Fsp3) is 0. The normalized spacial score (nSPS) is 10.6. The molecule has 0 saturated heterocycles. The summed E-state index contributed by atoms with van der Waals surface area (Å²) in [6, 6.07) is 10.1. The van der Waals surface area contributed by atoms with Crippen LogP contribution in [0.5, 0.6) is 0 Å². The number of hydrogen-bond donors (Lipinski definition) is 3. The molecule has 5 nitrogen and oxygen atoms in total. The lowest BCUT2D eigenvalue weighted by molar-refractivity contribution is 1.17. The molecule has 1 aromatic heterocycles. The Morgan fingerprint density at radius 1 is 0.720 bits per heavy atom. The molecule has 0 bridgehead atoms. The molecule has 3 aromatic rings. The highest BCUT2D eigenvalue weighted by atomic mass is 35.5. The lowest BCUT2D eigenvalue weighted by atomic mass is 10.3. The Morgan fingerprint density at radius 2 is 1.16 bits per heavy atom. The Labute approximate surface area is 164 Å². The molecule has 25 heavy (non-hydrogen) atoms. The van der Waals surface area contributed by atoms with Crippen LogP contribution in [0.15, 0.2) is 42.7 Å². The van der Waals surface area contributed by atoms with Gasteiger partial charge in [-0.25, -0.2) is 9.97 Å². The van der Waals surface area contributed by atoms with E-state index in [1.54, 1.807) is 36.4 Å². The Hall–Kier alpha value is -1.92. The summed E-state index contributed by atoms with van der Waals surface area (Å²) in [5.41, 5.74) is 7.59. The van der Waals surface area contributed by atoms with Crippen LogP contribution < -0.4 is 16.4 Å². The van der Waals surface area contributed by atoms with Gasteiger partial charge in [0.05, 0.1) is 21.4 Å². The number of nitrogens with two attached hydrogens (primary N) is 1. The first-order valence-corrected chi connectivity index (χ1v) is 8.50. The minimum Gasteiger partial charge on any atom is -0.393 e. The van der Waals surface area contributed by atoms with E-state index in [-0.39, 0.29) is 5.69 Å². The second-order valence-electron chi connectivity index (χ2n) is 4.98. The summed E-state index contributed by atoms with van der Waals surface area (Å²) in [7, 11) is 0. The van der Waals surface area contributed by atoms with Gasteiger partial charge in [-0.1, -0.05) is 46.4 Å². The third-order valence-corrected chi connectivity index (χ3v) is 4.38. The molecule has 0 aliphatic heterocycles. The summed E-state index contributed by atoms with van der Waals surface area (Å²) in [5.74, 6) is 0.750. The number of nitrogens with one attached hydrogen (secondary N) is 2. The predicted molar refractivity (Wildman–Crippen MR) is 106 cm³/mol. The molecule has 0 aliphatic carbocycles. The maximum atomic E-state index is 6.15. The predicted octanol–water partition coefficient (Wildman–Crippen LogP) is 6.16. The van der Waals surface area contributed by atoms with Gasteiger partial charge in [-0.15, -0.1) is 0 Å². The molecule has 0 saturated carbocycles. The van der Waals surface area contributed by atoms with Gasteiger partial charge in [0.2, 0.25) is 0 Å². The summed E-state index contributed by atoms with van der Waals surface area (Å²) in [6.07, 6.45) is 1.36. The standard InChI is InChI=1S/C16H11Cl4N5/c17-8-1-3-10(19)12(5-8)24-15-14(21)16(23-7-22-15)25-13-6-9(18)2-4-11(13)20/h1-7H,21H2,(H2,22,23,24,25). The van der Waals surface area contributed by atoms with Crippen LogP contribution in [0.2, 0.25) is 20.1 Å². The molecule has 9 heteroatoms. The third-order valence-electron chi connectivity index (χ3n) is 3.25. The van der Waals surface area contributed by atoms with E-state index in [0.717, 1.165) is 0 Å². The first-order chi connectivity index (χ1) is 11.9. The van der Waals surface area contributed by atoms with Crippen LogP contribution in [0.1, 0.15) is 0 Å². The van der Waals surface area contributed by atoms with Crippen molar-refractivity contribution in [3.05, 3.63) is 62.8 Å². The molecule has 0 fully saturated rings. The second-order valence-corrected chi connectivity index (χ2v) is 6.67. The summed E-state index contributed by atoms with van der Waals surface area (Å²) in [6.45, 7) is 0. The first kappa shape index (κ1) is 17.9. The van der Waals surface area contributed by atoms with Crippen LogP contribution in [0.25, 0.3) is 0 Å². The number of aromatic nitrogens is 2. The number of anilines is 5. The average molecular weight is 415 g/mol. The number of halogens is 4. The van der Waals surface area contributed by atoms with E-state index >= 15 is 0 Å². The van der Waals surface area contributed by atoms with Crippen LogP contribution >= 0.6 is 46.4 Å². The zero-order valence-corrected chi connectivity index (χ0v) is 15.5. The fourth-order valence-electron chi connectivity index (χ4n) is 2.04. The lowest BCUT2D eigenvalue weighted by Gasteiger charge is -2.14. The van der Waals surface area contributed by atoms with E-state index in [2.05, 4.69) is 20.6 Å². The van der Waals surface area contributed by atoms with Crippen LogP contribution in [0.3, 0.4) is 0 Å². The molecular formula is C16H11Cl4N5. The van der Waals surface area contributed by atoms with Crippen molar-refractivity contribution in [2.45, 2.75) is 0 Å². The highest BCUT2D eigenvalue weighted by Crippen LogP contribution is 2.34. The van der Waals surface area contributed by atoms with Gasteiger partial charge in [0.1, 0.15) is 12.0 Å². The van der Waals surface area contributed by atoms with Crippen LogP contribution in [-0.4, -0.2) is 9.97 Å². The number of nitrogen functional groups attached to an aromatic ring is 1. The lowest BCUT2D eigenvalue weighted by Crippen LogP contribution is -2.05. The molecule has 0 aliphatic rings. The van der Waals surface area contributed by atoms with Gasteiger partial charge in [0, 0.05) is 10.0 Å². The van der Waals surface area contributed by atoms with E-state index in [9.17, 15) is 0 Å². The summed E-state index contributed by atoms with van der Waals surface area (Å²) in [4.78, 5) is 8.28. The van der Waals surface area contributed by atoms with Gasteiger partial charge in [-0.05, 0) is 36.4 Å². The molecule has 4 N–H and O–H groups in total. The van der Waals surface area contributed by atoms with Crippen LogP contribution in [-0.2, 0) is 0 Å². The highest BCUT2D eigenvalue weighted by molar-refractivity contribution is 6.36. The quantitative estimate of drug-likeness (QED) is 0.476.